The molecule has 1 aliphatic rings. The van der Waals surface area contributed by atoms with E-state index in [9.17, 15) is 0 Å². The Hall–Kier alpha value is -1.12. The largest absolute Gasteiger partial charge is 0.310 e. The van der Waals surface area contributed by atoms with Crippen molar-refractivity contribution >= 4 is 11.3 Å². The first-order valence-corrected chi connectivity index (χ1v) is 7.02. The average Bonchev–Trinajstić information content (AvgIpc) is 3.09. The molecule has 0 saturated heterocycles. The number of rotatable bonds is 4. The van der Waals surface area contributed by atoms with E-state index < -0.39 is 0 Å². The average molecular weight is 243 g/mol. The molecule has 1 aliphatic carbocycles. The van der Waals surface area contributed by atoms with Gasteiger partial charge in [0.05, 0.1) is 0 Å². The van der Waals surface area contributed by atoms with E-state index in [-0.39, 0.29) is 0 Å². The molecule has 0 atom stereocenters. The SMILES string of the molecule is Cc1ccc(-c2ccc(CNC3CC3)cc2)s1. The molecule has 0 aliphatic heterocycles. The molecule has 2 aromatic rings. The van der Waals surface area contributed by atoms with E-state index in [2.05, 4.69) is 48.6 Å². The third kappa shape index (κ3) is 2.76. The monoisotopic (exact) mass is 243 g/mol. The molecule has 0 radical (unpaired) electrons. The van der Waals surface area contributed by atoms with Gasteiger partial charge in [-0.2, -0.15) is 0 Å². The van der Waals surface area contributed by atoms with E-state index in [4.69, 9.17) is 0 Å². The summed E-state index contributed by atoms with van der Waals surface area (Å²) < 4.78 is 0. The number of nitrogens with one attached hydrogen (secondary N) is 1. The Kier molecular flexibility index (Phi) is 3.00. The van der Waals surface area contributed by atoms with Crippen LogP contribution in [0.25, 0.3) is 10.4 Å². The Balaban J connectivity index is 1.70. The number of thiophene rings is 1. The molecule has 1 N–H and O–H groups in total. The zero-order valence-corrected chi connectivity index (χ0v) is 10.9. The van der Waals surface area contributed by atoms with Gasteiger partial charge >= 0.3 is 0 Å². The summed E-state index contributed by atoms with van der Waals surface area (Å²) in [5, 5.41) is 3.54. The van der Waals surface area contributed by atoms with Gasteiger partial charge in [0.2, 0.25) is 0 Å². The first-order valence-electron chi connectivity index (χ1n) is 6.20. The maximum atomic E-state index is 3.54. The van der Waals surface area contributed by atoms with E-state index in [1.54, 1.807) is 0 Å². The molecule has 0 unspecified atom stereocenters. The molecule has 1 saturated carbocycles. The number of aryl methyl sites for hydroxylation is 1. The molecule has 17 heavy (non-hydrogen) atoms. The van der Waals surface area contributed by atoms with E-state index in [1.807, 2.05) is 11.3 Å². The maximum absolute atomic E-state index is 3.54. The lowest BCUT2D eigenvalue weighted by Gasteiger charge is -2.04. The van der Waals surface area contributed by atoms with Gasteiger partial charge in [0, 0.05) is 22.3 Å². The van der Waals surface area contributed by atoms with Crippen molar-refractivity contribution in [3.63, 3.8) is 0 Å². The Morgan fingerprint density at radius 2 is 1.88 bits per heavy atom. The highest BCUT2D eigenvalue weighted by molar-refractivity contribution is 7.15. The fourth-order valence-electron chi connectivity index (χ4n) is 1.93. The Bertz CT molecular complexity index is 494. The lowest BCUT2D eigenvalue weighted by Crippen LogP contribution is -2.14. The van der Waals surface area contributed by atoms with Crippen molar-refractivity contribution in [3.05, 3.63) is 46.8 Å². The van der Waals surface area contributed by atoms with E-state index in [0.29, 0.717) is 0 Å². The van der Waals surface area contributed by atoms with Gasteiger partial charge in [-0.05, 0) is 43.0 Å². The van der Waals surface area contributed by atoms with Crippen molar-refractivity contribution in [1.29, 1.82) is 0 Å². The topological polar surface area (TPSA) is 12.0 Å². The molecule has 1 fully saturated rings. The van der Waals surface area contributed by atoms with Crippen LogP contribution in [0.2, 0.25) is 0 Å². The molecule has 3 rings (SSSR count). The fraction of sp³-hybridized carbons (Fsp3) is 0.333. The minimum absolute atomic E-state index is 0.787. The summed E-state index contributed by atoms with van der Waals surface area (Å²) >= 11 is 1.86. The van der Waals surface area contributed by atoms with Gasteiger partial charge in [-0.15, -0.1) is 11.3 Å². The summed E-state index contributed by atoms with van der Waals surface area (Å²) in [4.78, 5) is 2.74. The van der Waals surface area contributed by atoms with Crippen LogP contribution >= 0.6 is 11.3 Å². The van der Waals surface area contributed by atoms with Crippen molar-refractivity contribution in [2.24, 2.45) is 0 Å². The first kappa shape index (κ1) is 11.0. The van der Waals surface area contributed by atoms with Crippen molar-refractivity contribution in [1.82, 2.24) is 5.32 Å². The lowest BCUT2D eigenvalue weighted by atomic mass is 10.1. The predicted molar refractivity (Wildman–Crippen MR) is 74.4 cm³/mol. The van der Waals surface area contributed by atoms with Gasteiger partial charge in [0.1, 0.15) is 0 Å². The number of hydrogen-bond donors (Lipinski definition) is 1. The second kappa shape index (κ2) is 4.63. The van der Waals surface area contributed by atoms with Gasteiger partial charge in [0.15, 0.2) is 0 Å². The van der Waals surface area contributed by atoms with Gasteiger partial charge in [-0.1, -0.05) is 24.3 Å². The zero-order valence-electron chi connectivity index (χ0n) is 10.1. The number of benzene rings is 1. The third-order valence-corrected chi connectivity index (χ3v) is 4.20. The van der Waals surface area contributed by atoms with Crippen molar-refractivity contribution in [3.8, 4) is 10.4 Å². The second-order valence-electron chi connectivity index (χ2n) is 4.76. The van der Waals surface area contributed by atoms with Gasteiger partial charge in [-0.25, -0.2) is 0 Å². The van der Waals surface area contributed by atoms with Crippen molar-refractivity contribution < 1.29 is 0 Å². The van der Waals surface area contributed by atoms with Crippen LogP contribution in [0, 0.1) is 6.92 Å². The van der Waals surface area contributed by atoms with Crippen LogP contribution in [-0.4, -0.2) is 6.04 Å². The first-order chi connectivity index (χ1) is 8.31. The second-order valence-corrected chi connectivity index (χ2v) is 6.05. The molecule has 1 nitrogen and oxygen atoms in total. The van der Waals surface area contributed by atoms with E-state index >= 15 is 0 Å². The van der Waals surface area contributed by atoms with Gasteiger partial charge < -0.3 is 5.32 Å². The van der Waals surface area contributed by atoms with Crippen LogP contribution in [0.1, 0.15) is 23.3 Å². The summed E-state index contributed by atoms with van der Waals surface area (Å²) in [5.41, 5.74) is 2.72. The minimum atomic E-state index is 0.787. The smallest absolute Gasteiger partial charge is 0.0345 e. The molecule has 0 bridgehead atoms. The summed E-state index contributed by atoms with van der Waals surface area (Å²) in [6.45, 7) is 3.16. The van der Waals surface area contributed by atoms with Crippen LogP contribution in [0.3, 0.4) is 0 Å². The quantitative estimate of drug-likeness (QED) is 0.856. The molecule has 2 heteroatoms. The van der Waals surface area contributed by atoms with Crippen LogP contribution in [0.4, 0.5) is 0 Å². The van der Waals surface area contributed by atoms with Crippen LogP contribution < -0.4 is 5.32 Å². The van der Waals surface area contributed by atoms with Crippen LogP contribution in [-0.2, 0) is 6.54 Å². The molecule has 1 aromatic carbocycles. The van der Waals surface area contributed by atoms with Crippen molar-refractivity contribution in [2.45, 2.75) is 32.4 Å². The summed E-state index contributed by atoms with van der Waals surface area (Å²) in [5.74, 6) is 0. The molecular formula is C15H17NS. The summed E-state index contributed by atoms with van der Waals surface area (Å²) in [6.07, 6.45) is 2.71. The summed E-state index contributed by atoms with van der Waals surface area (Å²) in [6, 6.07) is 14.1. The van der Waals surface area contributed by atoms with E-state index in [1.165, 1.54) is 33.7 Å². The van der Waals surface area contributed by atoms with E-state index in [0.717, 1.165) is 12.6 Å². The molecule has 88 valence electrons. The van der Waals surface area contributed by atoms with Crippen molar-refractivity contribution in [2.75, 3.05) is 0 Å². The Labute approximate surface area is 106 Å². The normalized spacial score (nSPS) is 15.1. The Morgan fingerprint density at radius 3 is 2.47 bits per heavy atom. The minimum Gasteiger partial charge on any atom is -0.310 e. The Morgan fingerprint density at radius 1 is 1.12 bits per heavy atom. The predicted octanol–water partition coefficient (Wildman–Crippen LogP) is 3.98. The third-order valence-electron chi connectivity index (χ3n) is 3.15. The molecule has 1 heterocycles. The van der Waals surface area contributed by atoms with Crippen LogP contribution in [0.5, 0.6) is 0 Å². The highest BCUT2D eigenvalue weighted by Gasteiger charge is 2.19. The van der Waals surface area contributed by atoms with Gasteiger partial charge in [-0.3, -0.25) is 0 Å². The molecular weight excluding hydrogens is 226 g/mol. The van der Waals surface area contributed by atoms with Crippen LogP contribution in [0.15, 0.2) is 36.4 Å². The zero-order chi connectivity index (χ0) is 11.7. The summed E-state index contributed by atoms with van der Waals surface area (Å²) in [7, 11) is 0. The molecule has 1 aromatic heterocycles. The highest BCUT2D eigenvalue weighted by Crippen LogP contribution is 2.27. The fourth-order valence-corrected chi connectivity index (χ4v) is 2.80. The highest BCUT2D eigenvalue weighted by atomic mass is 32.1. The standard InChI is InChI=1S/C15H17NS/c1-11-2-9-15(17-11)13-5-3-12(4-6-13)10-16-14-7-8-14/h2-6,9,14,16H,7-8,10H2,1H3. The molecule has 0 spiro atoms. The maximum Gasteiger partial charge on any atom is 0.0345 e. The molecule has 0 amide bonds. The lowest BCUT2D eigenvalue weighted by molar-refractivity contribution is 0.688. The van der Waals surface area contributed by atoms with Gasteiger partial charge in [0.25, 0.3) is 0 Å². The number of hydrogen-bond acceptors (Lipinski definition) is 2.